The second kappa shape index (κ2) is 6.56. The molecule has 96 valence electrons. The van der Waals surface area contributed by atoms with E-state index in [1.807, 2.05) is 19.1 Å². The Kier molecular flexibility index (Phi) is 5.07. The quantitative estimate of drug-likeness (QED) is 0.673. The number of benzene rings is 1. The summed E-state index contributed by atoms with van der Waals surface area (Å²) in [5, 5.41) is 20.5. The molecule has 0 spiro atoms. The average molecular weight is 249 g/mol. The van der Waals surface area contributed by atoms with Crippen LogP contribution in [0.15, 0.2) is 36.4 Å². The van der Waals surface area contributed by atoms with Crippen LogP contribution in [0.25, 0.3) is 0 Å². The van der Waals surface area contributed by atoms with E-state index in [2.05, 4.69) is 5.32 Å². The molecule has 3 N–H and O–H groups in total. The van der Waals surface area contributed by atoms with Gasteiger partial charge in [0.1, 0.15) is 0 Å². The molecule has 0 fully saturated rings. The van der Waals surface area contributed by atoms with Gasteiger partial charge < -0.3 is 15.5 Å². The molecule has 0 radical (unpaired) electrons. The molecule has 1 unspecified atom stereocenters. The smallest absolute Gasteiger partial charge is 0.328 e. The maximum Gasteiger partial charge on any atom is 0.328 e. The summed E-state index contributed by atoms with van der Waals surface area (Å²) in [7, 11) is 0. The number of aliphatic hydroxyl groups is 1. The maximum absolute atomic E-state index is 11.2. The van der Waals surface area contributed by atoms with E-state index in [0.717, 1.165) is 17.7 Å². The highest BCUT2D eigenvalue weighted by Crippen LogP contribution is 2.12. The Hall–Kier alpha value is -2.14. The Morgan fingerprint density at radius 1 is 1.28 bits per heavy atom. The number of carboxylic acids is 1. The molecule has 0 saturated carbocycles. The molecule has 5 heteroatoms. The summed E-state index contributed by atoms with van der Waals surface area (Å²) in [4.78, 5) is 21.3. The Bertz CT molecular complexity index is 451. The first-order chi connectivity index (χ1) is 8.49. The van der Waals surface area contributed by atoms with Crippen molar-refractivity contribution in [2.45, 2.75) is 13.0 Å². The zero-order valence-corrected chi connectivity index (χ0v) is 9.96. The third-order valence-corrected chi connectivity index (χ3v) is 2.31. The van der Waals surface area contributed by atoms with Crippen molar-refractivity contribution in [2.24, 2.45) is 0 Å². The van der Waals surface area contributed by atoms with Crippen LogP contribution in [0.4, 0.5) is 0 Å². The standard InChI is InChI=1S/C13H15NO4/c1-9-2-4-10(5-3-9)11(15)8-14-12(16)6-7-13(17)18/h2-7,11,15H,8H2,1H3,(H,14,16)(H,17,18)/b7-6-. The van der Waals surface area contributed by atoms with Gasteiger partial charge in [-0.15, -0.1) is 0 Å². The summed E-state index contributed by atoms with van der Waals surface area (Å²) in [6, 6.07) is 7.29. The van der Waals surface area contributed by atoms with E-state index in [0.29, 0.717) is 5.56 Å². The van der Waals surface area contributed by atoms with Crippen molar-refractivity contribution in [3.63, 3.8) is 0 Å². The highest BCUT2D eigenvalue weighted by molar-refractivity contribution is 5.93. The average Bonchev–Trinajstić information content (AvgIpc) is 2.34. The molecule has 1 atom stereocenters. The number of carboxylic acid groups (broad SMARTS) is 1. The fourth-order valence-corrected chi connectivity index (χ4v) is 1.31. The molecule has 1 aromatic carbocycles. The lowest BCUT2D eigenvalue weighted by Crippen LogP contribution is -2.26. The number of amides is 1. The van der Waals surface area contributed by atoms with Crippen molar-refractivity contribution in [1.29, 1.82) is 0 Å². The molecule has 18 heavy (non-hydrogen) atoms. The van der Waals surface area contributed by atoms with Crippen molar-refractivity contribution in [2.75, 3.05) is 6.54 Å². The number of hydrogen-bond acceptors (Lipinski definition) is 3. The largest absolute Gasteiger partial charge is 0.478 e. The van der Waals surface area contributed by atoms with Crippen LogP contribution in [0.3, 0.4) is 0 Å². The predicted molar refractivity (Wildman–Crippen MR) is 65.9 cm³/mol. The van der Waals surface area contributed by atoms with Gasteiger partial charge in [-0.1, -0.05) is 29.8 Å². The number of aliphatic carboxylic acids is 1. The molecule has 0 saturated heterocycles. The first kappa shape index (κ1) is 13.9. The number of hydrogen-bond donors (Lipinski definition) is 3. The Balaban J connectivity index is 2.46. The van der Waals surface area contributed by atoms with Crippen molar-refractivity contribution in [3.8, 4) is 0 Å². The number of aryl methyl sites for hydroxylation is 1. The molecule has 1 amide bonds. The van der Waals surface area contributed by atoms with Crippen molar-refractivity contribution in [1.82, 2.24) is 5.32 Å². The maximum atomic E-state index is 11.2. The molecule has 0 heterocycles. The molecule has 0 aliphatic heterocycles. The van der Waals surface area contributed by atoms with Crippen molar-refractivity contribution in [3.05, 3.63) is 47.5 Å². The lowest BCUT2D eigenvalue weighted by Gasteiger charge is -2.11. The van der Waals surface area contributed by atoms with Gasteiger partial charge >= 0.3 is 5.97 Å². The number of aliphatic hydroxyl groups excluding tert-OH is 1. The Labute approximate surface area is 105 Å². The monoisotopic (exact) mass is 249 g/mol. The van der Waals surface area contributed by atoms with E-state index in [1.54, 1.807) is 12.1 Å². The van der Waals surface area contributed by atoms with Crippen LogP contribution in [0, 0.1) is 6.92 Å². The van der Waals surface area contributed by atoms with Crippen LogP contribution in [0.1, 0.15) is 17.2 Å². The lowest BCUT2D eigenvalue weighted by atomic mass is 10.1. The van der Waals surface area contributed by atoms with Crippen LogP contribution in [-0.4, -0.2) is 28.6 Å². The lowest BCUT2D eigenvalue weighted by molar-refractivity contribution is -0.131. The van der Waals surface area contributed by atoms with E-state index in [9.17, 15) is 14.7 Å². The van der Waals surface area contributed by atoms with Crippen LogP contribution in [0.5, 0.6) is 0 Å². The van der Waals surface area contributed by atoms with Gasteiger partial charge in [0, 0.05) is 18.7 Å². The molecule has 0 aromatic heterocycles. The molecular weight excluding hydrogens is 234 g/mol. The summed E-state index contributed by atoms with van der Waals surface area (Å²) in [5.74, 6) is -1.74. The minimum absolute atomic E-state index is 0.0336. The van der Waals surface area contributed by atoms with E-state index in [1.165, 1.54) is 0 Å². The summed E-state index contributed by atoms with van der Waals surface area (Å²) in [6.45, 7) is 1.97. The first-order valence-electron chi connectivity index (χ1n) is 5.42. The molecule has 0 aliphatic carbocycles. The van der Waals surface area contributed by atoms with E-state index in [-0.39, 0.29) is 6.54 Å². The Morgan fingerprint density at radius 2 is 1.89 bits per heavy atom. The van der Waals surface area contributed by atoms with Gasteiger partial charge in [-0.25, -0.2) is 4.79 Å². The molecule has 5 nitrogen and oxygen atoms in total. The second-order valence-corrected chi connectivity index (χ2v) is 3.84. The van der Waals surface area contributed by atoms with Gasteiger partial charge in [-0.05, 0) is 12.5 Å². The molecule has 1 aromatic rings. The summed E-state index contributed by atoms with van der Waals surface area (Å²) >= 11 is 0. The van der Waals surface area contributed by atoms with Crippen molar-refractivity contribution >= 4 is 11.9 Å². The van der Waals surface area contributed by atoms with Gasteiger partial charge in [0.2, 0.25) is 5.91 Å². The highest BCUT2D eigenvalue weighted by atomic mass is 16.4. The topological polar surface area (TPSA) is 86.6 Å². The van der Waals surface area contributed by atoms with Gasteiger partial charge in [0.05, 0.1) is 6.10 Å². The number of rotatable bonds is 5. The Morgan fingerprint density at radius 3 is 2.44 bits per heavy atom. The zero-order chi connectivity index (χ0) is 13.5. The van der Waals surface area contributed by atoms with Crippen LogP contribution in [0.2, 0.25) is 0 Å². The normalized spacial score (nSPS) is 12.3. The highest BCUT2D eigenvalue weighted by Gasteiger charge is 2.07. The van der Waals surface area contributed by atoms with Gasteiger partial charge in [0.25, 0.3) is 0 Å². The second-order valence-electron chi connectivity index (χ2n) is 3.84. The molecular formula is C13H15NO4. The van der Waals surface area contributed by atoms with E-state index in [4.69, 9.17) is 5.11 Å². The summed E-state index contributed by atoms with van der Waals surface area (Å²) in [5.41, 5.74) is 1.78. The molecule has 0 aliphatic rings. The fourth-order valence-electron chi connectivity index (χ4n) is 1.31. The molecule has 0 bridgehead atoms. The third-order valence-electron chi connectivity index (χ3n) is 2.31. The van der Waals surface area contributed by atoms with E-state index < -0.39 is 18.0 Å². The van der Waals surface area contributed by atoms with Crippen LogP contribution < -0.4 is 5.32 Å². The van der Waals surface area contributed by atoms with Crippen LogP contribution >= 0.6 is 0 Å². The van der Waals surface area contributed by atoms with Gasteiger partial charge in [0.15, 0.2) is 0 Å². The van der Waals surface area contributed by atoms with Gasteiger partial charge in [-0.2, -0.15) is 0 Å². The fraction of sp³-hybridized carbons (Fsp3) is 0.231. The van der Waals surface area contributed by atoms with Gasteiger partial charge in [-0.3, -0.25) is 4.79 Å². The van der Waals surface area contributed by atoms with E-state index >= 15 is 0 Å². The number of nitrogens with one attached hydrogen (secondary N) is 1. The number of carbonyl (C=O) groups excluding carboxylic acids is 1. The predicted octanol–water partition coefficient (Wildman–Crippen LogP) is 0.785. The SMILES string of the molecule is Cc1ccc(C(O)CNC(=O)/C=C\C(=O)O)cc1. The minimum Gasteiger partial charge on any atom is -0.478 e. The zero-order valence-electron chi connectivity index (χ0n) is 9.96. The summed E-state index contributed by atoms with van der Waals surface area (Å²) in [6.07, 6.45) is 0.838. The first-order valence-corrected chi connectivity index (χ1v) is 5.42. The number of carbonyl (C=O) groups is 2. The third kappa shape index (κ3) is 4.80. The van der Waals surface area contributed by atoms with Crippen molar-refractivity contribution < 1.29 is 19.8 Å². The minimum atomic E-state index is -1.19. The molecule has 1 rings (SSSR count). The van der Waals surface area contributed by atoms with Crippen LogP contribution in [-0.2, 0) is 9.59 Å². The summed E-state index contributed by atoms with van der Waals surface area (Å²) < 4.78 is 0.